The molecule has 0 amide bonds. The van der Waals surface area contributed by atoms with E-state index in [0.717, 1.165) is 19.4 Å². The van der Waals surface area contributed by atoms with Gasteiger partial charge in [0.2, 0.25) is 0 Å². The van der Waals surface area contributed by atoms with E-state index < -0.39 is 8.32 Å². The molecule has 0 saturated heterocycles. The van der Waals surface area contributed by atoms with Crippen molar-refractivity contribution in [3.8, 4) is 0 Å². The molecule has 24 heavy (non-hydrogen) atoms. The zero-order chi connectivity index (χ0) is 19.2. The van der Waals surface area contributed by atoms with Crippen molar-refractivity contribution in [2.75, 3.05) is 6.61 Å². The number of ketones is 1. The lowest BCUT2D eigenvalue weighted by Crippen LogP contribution is -2.41. The van der Waals surface area contributed by atoms with E-state index in [2.05, 4.69) is 73.7 Å². The predicted molar refractivity (Wildman–Crippen MR) is 109 cm³/mol. The van der Waals surface area contributed by atoms with Gasteiger partial charge < -0.3 is 4.43 Å². The van der Waals surface area contributed by atoms with Gasteiger partial charge in [0.15, 0.2) is 14.1 Å². The van der Waals surface area contributed by atoms with E-state index in [1.807, 2.05) is 0 Å². The fourth-order valence-electron chi connectivity index (χ4n) is 2.20. The highest BCUT2D eigenvalue weighted by atomic mass is 28.4. The van der Waals surface area contributed by atoms with Crippen molar-refractivity contribution in [2.45, 2.75) is 86.4 Å². The van der Waals surface area contributed by atoms with Gasteiger partial charge in [-0.25, -0.2) is 0 Å². The zero-order valence-electron chi connectivity index (χ0n) is 17.7. The molecule has 0 saturated carbocycles. The van der Waals surface area contributed by atoms with Gasteiger partial charge in [0.25, 0.3) is 0 Å². The maximum Gasteiger partial charge on any atom is 0.191 e. The Balaban J connectivity index is 4.98. The van der Waals surface area contributed by atoms with Crippen molar-refractivity contribution < 1.29 is 9.22 Å². The SMILES string of the molecule is CC(=O)/C=C/[C@@](C)(CC=C(C)C)[C@H](C)CCO[Si](C)(C)C(C)(C)C. The lowest BCUT2D eigenvalue weighted by molar-refractivity contribution is -0.112. The van der Waals surface area contributed by atoms with Crippen LogP contribution >= 0.6 is 0 Å². The number of hydrogen-bond donors (Lipinski definition) is 0. The van der Waals surface area contributed by atoms with Gasteiger partial charge in [-0.05, 0) is 69.2 Å². The van der Waals surface area contributed by atoms with Gasteiger partial charge in [-0.1, -0.05) is 52.3 Å². The minimum atomic E-state index is -1.69. The van der Waals surface area contributed by atoms with Crippen LogP contribution in [0.5, 0.6) is 0 Å². The number of allylic oxidation sites excluding steroid dienone is 4. The summed E-state index contributed by atoms with van der Waals surface area (Å²) in [6.45, 7) is 22.6. The second-order valence-corrected chi connectivity index (χ2v) is 14.0. The largest absolute Gasteiger partial charge is 0.417 e. The fraction of sp³-hybridized carbons (Fsp3) is 0.762. The topological polar surface area (TPSA) is 26.3 Å². The van der Waals surface area contributed by atoms with Crippen LogP contribution in [0.4, 0.5) is 0 Å². The molecule has 0 aliphatic carbocycles. The van der Waals surface area contributed by atoms with Crippen LogP contribution in [-0.2, 0) is 9.22 Å². The fourth-order valence-corrected chi connectivity index (χ4v) is 3.26. The minimum absolute atomic E-state index is 0.0142. The molecule has 0 N–H and O–H groups in total. The molecule has 0 spiro atoms. The summed E-state index contributed by atoms with van der Waals surface area (Å²) in [5.74, 6) is 0.566. The predicted octanol–water partition coefficient (Wildman–Crippen LogP) is 6.54. The molecule has 0 radical (unpaired) electrons. The van der Waals surface area contributed by atoms with Crippen LogP contribution < -0.4 is 0 Å². The van der Waals surface area contributed by atoms with Crippen molar-refractivity contribution in [3.05, 3.63) is 23.8 Å². The summed E-state index contributed by atoms with van der Waals surface area (Å²) in [5, 5.41) is 0.246. The Morgan fingerprint density at radius 2 is 1.67 bits per heavy atom. The van der Waals surface area contributed by atoms with Crippen LogP contribution in [0.2, 0.25) is 18.1 Å². The summed E-state index contributed by atoms with van der Waals surface area (Å²) in [4.78, 5) is 11.4. The van der Waals surface area contributed by atoms with Crippen LogP contribution in [0.3, 0.4) is 0 Å². The second-order valence-electron chi connectivity index (χ2n) is 9.23. The molecule has 0 aromatic carbocycles. The van der Waals surface area contributed by atoms with E-state index in [0.29, 0.717) is 5.92 Å². The van der Waals surface area contributed by atoms with E-state index in [-0.39, 0.29) is 16.2 Å². The molecule has 140 valence electrons. The van der Waals surface area contributed by atoms with Crippen LogP contribution in [0.15, 0.2) is 23.8 Å². The smallest absolute Gasteiger partial charge is 0.191 e. The Bertz CT molecular complexity index is 465. The zero-order valence-corrected chi connectivity index (χ0v) is 18.7. The number of carbonyl (C=O) groups excluding carboxylic acids is 1. The van der Waals surface area contributed by atoms with E-state index in [9.17, 15) is 4.79 Å². The Labute approximate surface area is 151 Å². The third-order valence-electron chi connectivity index (χ3n) is 5.59. The van der Waals surface area contributed by atoms with Crippen molar-refractivity contribution in [1.82, 2.24) is 0 Å². The summed E-state index contributed by atoms with van der Waals surface area (Å²) in [7, 11) is -1.69. The Morgan fingerprint density at radius 3 is 2.08 bits per heavy atom. The highest BCUT2D eigenvalue weighted by molar-refractivity contribution is 6.74. The average molecular weight is 353 g/mol. The van der Waals surface area contributed by atoms with Gasteiger partial charge in [-0.3, -0.25) is 4.79 Å². The van der Waals surface area contributed by atoms with E-state index >= 15 is 0 Å². The van der Waals surface area contributed by atoms with E-state index in [1.54, 1.807) is 13.0 Å². The highest BCUT2D eigenvalue weighted by Crippen LogP contribution is 2.39. The Morgan fingerprint density at radius 1 is 1.12 bits per heavy atom. The summed E-state index contributed by atoms with van der Waals surface area (Å²) in [6, 6.07) is 0. The average Bonchev–Trinajstić information content (AvgIpc) is 2.41. The van der Waals surface area contributed by atoms with Crippen molar-refractivity contribution in [2.24, 2.45) is 11.3 Å². The number of hydrogen-bond acceptors (Lipinski definition) is 2. The van der Waals surface area contributed by atoms with Crippen LogP contribution in [-0.4, -0.2) is 20.7 Å². The van der Waals surface area contributed by atoms with Gasteiger partial charge >= 0.3 is 0 Å². The number of carbonyl (C=O) groups is 1. The number of rotatable bonds is 9. The standard InChI is InChI=1S/C21H40O2Si/c1-17(2)11-14-21(8,15-12-19(4)22)18(3)13-16-23-24(9,10)20(5,6)7/h11-12,15,18H,13-14,16H2,1-10H3/b15-12+/t18-,21-/m1/s1. The van der Waals surface area contributed by atoms with Crippen molar-refractivity contribution in [1.29, 1.82) is 0 Å². The van der Waals surface area contributed by atoms with Gasteiger partial charge in [-0.2, -0.15) is 0 Å². The van der Waals surface area contributed by atoms with E-state index in [1.165, 1.54) is 5.57 Å². The Kier molecular flexibility index (Phi) is 8.89. The van der Waals surface area contributed by atoms with Crippen LogP contribution in [0.25, 0.3) is 0 Å². The first-order valence-electron chi connectivity index (χ1n) is 9.18. The van der Waals surface area contributed by atoms with Crippen molar-refractivity contribution in [3.63, 3.8) is 0 Å². The highest BCUT2D eigenvalue weighted by Gasteiger charge is 2.37. The molecule has 0 bridgehead atoms. The molecule has 0 fully saturated rings. The first-order valence-corrected chi connectivity index (χ1v) is 12.1. The summed E-state index contributed by atoms with van der Waals surface area (Å²) in [5.41, 5.74) is 1.31. The van der Waals surface area contributed by atoms with Crippen LogP contribution in [0.1, 0.15) is 68.2 Å². The normalized spacial score (nSPS) is 16.8. The molecular weight excluding hydrogens is 312 g/mol. The van der Waals surface area contributed by atoms with Gasteiger partial charge in [-0.15, -0.1) is 0 Å². The third kappa shape index (κ3) is 7.93. The first kappa shape index (κ1) is 23.3. The van der Waals surface area contributed by atoms with Gasteiger partial charge in [0, 0.05) is 6.61 Å². The summed E-state index contributed by atoms with van der Waals surface area (Å²) in [6.07, 6.45) is 8.08. The quantitative estimate of drug-likeness (QED) is 0.267. The minimum Gasteiger partial charge on any atom is -0.417 e. The molecule has 2 atom stereocenters. The lowest BCUT2D eigenvalue weighted by Gasteiger charge is -2.38. The molecule has 0 rings (SSSR count). The molecule has 0 aromatic rings. The molecular formula is C21H40O2Si. The Hall–Kier alpha value is -0.673. The maximum absolute atomic E-state index is 11.4. The maximum atomic E-state index is 11.4. The summed E-state index contributed by atoms with van der Waals surface area (Å²) >= 11 is 0. The molecule has 0 aliphatic rings. The first-order chi connectivity index (χ1) is 10.7. The monoisotopic (exact) mass is 352 g/mol. The van der Waals surface area contributed by atoms with Gasteiger partial charge in [0.05, 0.1) is 0 Å². The molecule has 0 unspecified atom stereocenters. The molecule has 2 nitrogen and oxygen atoms in total. The molecule has 3 heteroatoms. The summed E-state index contributed by atoms with van der Waals surface area (Å²) < 4.78 is 6.34. The third-order valence-corrected chi connectivity index (χ3v) is 10.1. The second kappa shape index (κ2) is 9.14. The lowest BCUT2D eigenvalue weighted by atomic mass is 9.73. The molecule has 0 aromatic heterocycles. The molecule has 0 heterocycles. The van der Waals surface area contributed by atoms with Crippen molar-refractivity contribution >= 4 is 14.1 Å². The van der Waals surface area contributed by atoms with E-state index in [4.69, 9.17) is 4.43 Å². The van der Waals surface area contributed by atoms with Crippen LogP contribution in [0, 0.1) is 11.3 Å². The van der Waals surface area contributed by atoms with Gasteiger partial charge in [0.1, 0.15) is 0 Å². The molecule has 0 aliphatic heterocycles.